The molecule has 1 saturated heterocycles. The van der Waals surface area contributed by atoms with Crippen LogP contribution in [-0.2, 0) is 20.9 Å². The molecule has 4 rings (SSSR count). The van der Waals surface area contributed by atoms with Gasteiger partial charge in [0.25, 0.3) is 11.8 Å². The second kappa shape index (κ2) is 7.58. The van der Waals surface area contributed by atoms with Gasteiger partial charge >= 0.3 is 5.97 Å². The number of amides is 2. The summed E-state index contributed by atoms with van der Waals surface area (Å²) in [5.41, 5.74) is 2.49. The predicted octanol–water partition coefficient (Wildman–Crippen LogP) is 2.28. The van der Waals surface area contributed by atoms with E-state index in [-0.39, 0.29) is 12.5 Å². The van der Waals surface area contributed by atoms with Crippen molar-refractivity contribution in [2.45, 2.75) is 25.6 Å². The highest BCUT2D eigenvalue weighted by Gasteiger charge is 2.54. The highest BCUT2D eigenvalue weighted by Crippen LogP contribution is 2.34. The molecule has 9 heteroatoms. The molecule has 0 bridgehead atoms. The third kappa shape index (κ3) is 3.18. The largest absolute Gasteiger partial charge is 0.496 e. The van der Waals surface area contributed by atoms with Crippen LogP contribution in [0, 0.1) is 6.92 Å². The maximum Gasteiger partial charge on any atom is 0.337 e. The molecule has 0 spiro atoms. The van der Waals surface area contributed by atoms with Crippen molar-refractivity contribution in [1.29, 1.82) is 0 Å². The summed E-state index contributed by atoms with van der Waals surface area (Å²) in [7, 11) is 2.81. The Balaban J connectivity index is 1.62. The molecule has 0 radical (unpaired) electrons. The van der Waals surface area contributed by atoms with Crippen LogP contribution in [0.15, 0.2) is 52.8 Å². The van der Waals surface area contributed by atoms with Crippen LogP contribution < -0.4 is 9.64 Å². The maximum absolute atomic E-state index is 13.1. The lowest BCUT2D eigenvalue weighted by Gasteiger charge is -2.22. The molecule has 2 aliphatic rings. The molecule has 2 atom stereocenters. The van der Waals surface area contributed by atoms with Crippen LogP contribution in [0.4, 0.5) is 5.69 Å². The maximum atomic E-state index is 13.1. The number of benzene rings is 2. The van der Waals surface area contributed by atoms with E-state index in [2.05, 4.69) is 10.3 Å². The van der Waals surface area contributed by atoms with Gasteiger partial charge in [-0.3, -0.25) is 14.6 Å². The zero-order valence-corrected chi connectivity index (χ0v) is 16.7. The topological polar surface area (TPSA) is 101 Å². The van der Waals surface area contributed by atoms with Gasteiger partial charge in [0.1, 0.15) is 5.75 Å². The summed E-state index contributed by atoms with van der Waals surface area (Å²) >= 11 is 0. The minimum Gasteiger partial charge on any atom is -0.496 e. The number of carbonyl (C=O) groups excluding carboxylic acids is 3. The number of anilines is 1. The lowest BCUT2D eigenvalue weighted by Crippen LogP contribution is -2.39. The summed E-state index contributed by atoms with van der Waals surface area (Å²) in [6, 6.07) is 10.3. The second-order valence-corrected chi connectivity index (χ2v) is 7.06. The summed E-state index contributed by atoms with van der Waals surface area (Å²) < 4.78 is 10.1. The van der Waals surface area contributed by atoms with Crippen molar-refractivity contribution < 1.29 is 23.9 Å². The Labute approximate surface area is 172 Å². The number of hydrogen-bond donors (Lipinski definition) is 0. The van der Waals surface area contributed by atoms with Crippen LogP contribution in [0.5, 0.6) is 5.75 Å². The standard InChI is InChI=1S/C21H20N4O5/c1-12-4-7-15(8-5-12)25-19(26)17-18(20(25)27)24(23-22-17)11-14-10-13(21(28)30-3)6-9-16(14)29-2/h4-10,17-18H,11H2,1-3H3/t17-,18-/m0/s1. The van der Waals surface area contributed by atoms with E-state index in [0.717, 1.165) is 10.5 Å². The molecule has 2 heterocycles. The minimum absolute atomic E-state index is 0.138. The van der Waals surface area contributed by atoms with Crippen molar-refractivity contribution in [3.05, 3.63) is 59.2 Å². The fourth-order valence-corrected chi connectivity index (χ4v) is 3.62. The fourth-order valence-electron chi connectivity index (χ4n) is 3.62. The molecular weight excluding hydrogens is 388 g/mol. The number of hydrogen-bond acceptors (Lipinski definition) is 8. The third-order valence-corrected chi connectivity index (χ3v) is 5.18. The van der Waals surface area contributed by atoms with E-state index in [4.69, 9.17) is 9.47 Å². The predicted molar refractivity (Wildman–Crippen MR) is 106 cm³/mol. The third-order valence-electron chi connectivity index (χ3n) is 5.18. The Morgan fingerprint density at radius 3 is 2.47 bits per heavy atom. The van der Waals surface area contributed by atoms with Crippen molar-refractivity contribution in [2.75, 3.05) is 19.1 Å². The first-order valence-corrected chi connectivity index (χ1v) is 9.31. The van der Waals surface area contributed by atoms with Gasteiger partial charge in [-0.05, 0) is 37.3 Å². The summed E-state index contributed by atoms with van der Waals surface area (Å²) in [4.78, 5) is 39.0. The van der Waals surface area contributed by atoms with E-state index in [1.807, 2.05) is 19.1 Å². The van der Waals surface area contributed by atoms with E-state index in [9.17, 15) is 14.4 Å². The quantitative estimate of drug-likeness (QED) is 0.556. The number of carbonyl (C=O) groups is 3. The summed E-state index contributed by atoms with van der Waals surface area (Å²) in [5, 5.41) is 9.54. The van der Waals surface area contributed by atoms with Crippen LogP contribution in [0.1, 0.15) is 21.5 Å². The molecule has 30 heavy (non-hydrogen) atoms. The summed E-state index contributed by atoms with van der Waals surface area (Å²) in [6.45, 7) is 2.07. The molecule has 2 amide bonds. The number of methoxy groups -OCH3 is 2. The molecule has 2 aromatic carbocycles. The van der Waals surface area contributed by atoms with Gasteiger partial charge in [0.15, 0.2) is 12.1 Å². The van der Waals surface area contributed by atoms with Gasteiger partial charge in [0.2, 0.25) is 0 Å². The first-order valence-electron chi connectivity index (χ1n) is 9.31. The molecule has 0 N–H and O–H groups in total. The van der Waals surface area contributed by atoms with E-state index < -0.39 is 24.0 Å². The number of imide groups is 1. The average molecular weight is 408 g/mol. The molecule has 0 aromatic heterocycles. The summed E-state index contributed by atoms with van der Waals surface area (Å²) in [6.07, 6.45) is 0. The van der Waals surface area contributed by atoms with Crippen molar-refractivity contribution >= 4 is 23.5 Å². The highest BCUT2D eigenvalue weighted by atomic mass is 16.5. The van der Waals surface area contributed by atoms with Gasteiger partial charge in [0.05, 0.1) is 32.0 Å². The first-order chi connectivity index (χ1) is 14.4. The number of aryl methyl sites for hydroxylation is 1. The fraction of sp³-hybridized carbons (Fsp3) is 0.286. The molecule has 1 fully saturated rings. The van der Waals surface area contributed by atoms with Gasteiger partial charge in [-0.25, -0.2) is 9.69 Å². The average Bonchev–Trinajstić information content (AvgIpc) is 3.28. The van der Waals surface area contributed by atoms with Crippen LogP contribution >= 0.6 is 0 Å². The molecule has 0 saturated carbocycles. The monoisotopic (exact) mass is 408 g/mol. The Kier molecular flexibility index (Phi) is 4.94. The smallest absolute Gasteiger partial charge is 0.337 e. The van der Waals surface area contributed by atoms with Crippen LogP contribution in [0.25, 0.3) is 0 Å². The van der Waals surface area contributed by atoms with Crippen LogP contribution in [-0.4, -0.2) is 49.1 Å². The van der Waals surface area contributed by atoms with E-state index in [1.165, 1.54) is 19.2 Å². The molecular formula is C21H20N4O5. The zero-order chi connectivity index (χ0) is 21.4. The number of ether oxygens (including phenoxy) is 2. The minimum atomic E-state index is -0.895. The summed E-state index contributed by atoms with van der Waals surface area (Å²) in [5.74, 6) is -0.761. The van der Waals surface area contributed by atoms with Gasteiger partial charge in [-0.1, -0.05) is 22.9 Å². The van der Waals surface area contributed by atoms with Crippen molar-refractivity contribution in [3.8, 4) is 5.75 Å². The molecule has 0 unspecified atom stereocenters. The SMILES string of the molecule is COC(=O)c1ccc(OC)c(CN2N=N[C@@H]3C(=O)N(c4ccc(C)cc4)C(=O)[C@H]32)c1. The van der Waals surface area contributed by atoms with Gasteiger partial charge in [0, 0.05) is 5.56 Å². The highest BCUT2D eigenvalue weighted by molar-refractivity contribution is 6.25. The molecule has 2 aromatic rings. The molecule has 154 valence electrons. The normalized spacial score (nSPS) is 20.0. The first kappa shape index (κ1) is 19.6. The number of rotatable bonds is 5. The lowest BCUT2D eigenvalue weighted by molar-refractivity contribution is -0.123. The Morgan fingerprint density at radius 1 is 1.07 bits per heavy atom. The van der Waals surface area contributed by atoms with E-state index in [0.29, 0.717) is 22.6 Å². The van der Waals surface area contributed by atoms with E-state index in [1.54, 1.807) is 30.3 Å². The van der Waals surface area contributed by atoms with Gasteiger partial charge in [-0.2, -0.15) is 5.11 Å². The second-order valence-electron chi connectivity index (χ2n) is 7.06. The van der Waals surface area contributed by atoms with Gasteiger partial charge < -0.3 is 9.47 Å². The Hall–Kier alpha value is -3.75. The Bertz CT molecular complexity index is 1050. The Morgan fingerprint density at radius 2 is 1.80 bits per heavy atom. The van der Waals surface area contributed by atoms with Crippen molar-refractivity contribution in [2.24, 2.45) is 10.3 Å². The molecule has 2 aliphatic heterocycles. The molecule has 0 aliphatic carbocycles. The van der Waals surface area contributed by atoms with Crippen LogP contribution in [0.2, 0.25) is 0 Å². The number of fused-ring (bicyclic) bond motifs is 1. The van der Waals surface area contributed by atoms with Crippen molar-refractivity contribution in [1.82, 2.24) is 5.01 Å². The number of nitrogens with zero attached hydrogens (tertiary/aromatic N) is 4. The van der Waals surface area contributed by atoms with Crippen molar-refractivity contribution in [3.63, 3.8) is 0 Å². The lowest BCUT2D eigenvalue weighted by atomic mass is 10.1. The van der Waals surface area contributed by atoms with E-state index >= 15 is 0 Å². The van der Waals surface area contributed by atoms with Gasteiger partial charge in [-0.15, -0.1) is 0 Å². The van der Waals surface area contributed by atoms with Crippen LogP contribution in [0.3, 0.4) is 0 Å². The zero-order valence-electron chi connectivity index (χ0n) is 16.7. The molecule has 9 nitrogen and oxygen atoms in total. The number of esters is 1.